The molecule has 8 heteroatoms. The topological polar surface area (TPSA) is 118 Å². The molecule has 4 N–H and O–H groups in total. The van der Waals surface area contributed by atoms with Crippen molar-refractivity contribution in [2.45, 2.75) is 38.9 Å². The third-order valence-corrected chi connectivity index (χ3v) is 2.57. The van der Waals surface area contributed by atoms with Crippen LogP contribution in [-0.2, 0) is 18.9 Å². The quantitative estimate of drug-likeness (QED) is 0.376. The summed E-state index contributed by atoms with van der Waals surface area (Å²) in [6, 6.07) is 0. The lowest BCUT2D eigenvalue weighted by Crippen LogP contribution is -2.21. The lowest BCUT2D eigenvalue weighted by Gasteiger charge is -2.08. The Hall–Kier alpha value is -0.320. The van der Waals surface area contributed by atoms with E-state index in [0.29, 0.717) is 0 Å². The molecule has 0 aromatic carbocycles. The Labute approximate surface area is 152 Å². The minimum Gasteiger partial charge on any atom is -0.394 e. The summed E-state index contributed by atoms with van der Waals surface area (Å²) in [5.74, 6) is 0.926. The Morgan fingerprint density at radius 3 is 1.64 bits per heavy atom. The van der Waals surface area contributed by atoms with Crippen molar-refractivity contribution in [3.63, 3.8) is 0 Å². The van der Waals surface area contributed by atoms with Gasteiger partial charge in [-0.25, -0.2) is 0 Å². The van der Waals surface area contributed by atoms with E-state index in [4.69, 9.17) is 29.9 Å². The van der Waals surface area contributed by atoms with Crippen molar-refractivity contribution in [1.82, 2.24) is 0 Å². The van der Waals surface area contributed by atoms with Crippen LogP contribution in [-0.4, -0.2) is 100 Å². The number of rotatable bonds is 11. The van der Waals surface area contributed by atoms with Gasteiger partial charge in [-0.2, -0.15) is 0 Å². The zero-order valence-electron chi connectivity index (χ0n) is 16.5. The molecule has 2 atom stereocenters. The Kier molecular flexibility index (Phi) is 30.5. The first-order valence-electron chi connectivity index (χ1n) is 8.67. The predicted octanol–water partition coefficient (Wildman–Crippen LogP) is 0.0576. The van der Waals surface area contributed by atoms with Crippen molar-refractivity contribution in [1.29, 1.82) is 0 Å². The molecule has 0 heterocycles. The Bertz CT molecular complexity index is 215. The second-order valence-electron chi connectivity index (χ2n) is 5.10. The molecule has 156 valence electrons. The third kappa shape index (κ3) is 31.9. The van der Waals surface area contributed by atoms with Gasteiger partial charge in [-0.1, -0.05) is 13.8 Å². The Balaban J connectivity index is -0.000000284. The van der Waals surface area contributed by atoms with Crippen LogP contribution >= 0.6 is 0 Å². The minimum absolute atomic E-state index is 0.0142. The molecule has 1 saturated carbocycles. The van der Waals surface area contributed by atoms with Gasteiger partial charge in [-0.15, -0.1) is 0 Å². The second kappa shape index (κ2) is 25.9. The highest BCUT2D eigenvalue weighted by Gasteiger charge is 2.19. The van der Waals surface area contributed by atoms with Gasteiger partial charge < -0.3 is 39.4 Å². The number of aliphatic hydroxyl groups is 4. The van der Waals surface area contributed by atoms with Gasteiger partial charge in [0.15, 0.2) is 0 Å². The van der Waals surface area contributed by atoms with Crippen LogP contribution in [0.3, 0.4) is 0 Å². The first-order valence-corrected chi connectivity index (χ1v) is 8.67. The fraction of sp³-hybridized carbons (Fsp3) is 1.00. The van der Waals surface area contributed by atoms with Gasteiger partial charge in [-0.3, -0.25) is 0 Å². The third-order valence-electron chi connectivity index (χ3n) is 2.57. The average Bonchev–Trinajstić information content (AvgIpc) is 3.43. The monoisotopic (exact) mass is 372 g/mol. The van der Waals surface area contributed by atoms with Crippen molar-refractivity contribution >= 4 is 0 Å². The Morgan fingerprint density at radius 2 is 1.36 bits per heavy atom. The van der Waals surface area contributed by atoms with Gasteiger partial charge >= 0.3 is 0 Å². The molecular formula is C17H40O8. The van der Waals surface area contributed by atoms with Crippen molar-refractivity contribution in [3.05, 3.63) is 0 Å². The molecule has 0 amide bonds. The van der Waals surface area contributed by atoms with Gasteiger partial charge in [-0.05, 0) is 18.8 Å². The molecular weight excluding hydrogens is 332 g/mol. The first-order chi connectivity index (χ1) is 12.0. The Morgan fingerprint density at radius 1 is 0.840 bits per heavy atom. The van der Waals surface area contributed by atoms with E-state index in [1.54, 1.807) is 7.11 Å². The van der Waals surface area contributed by atoms with Crippen LogP contribution < -0.4 is 0 Å². The largest absolute Gasteiger partial charge is 0.394 e. The molecule has 0 bridgehead atoms. The van der Waals surface area contributed by atoms with Gasteiger partial charge in [0.05, 0.1) is 39.6 Å². The highest BCUT2D eigenvalue weighted by molar-refractivity contribution is 4.71. The van der Waals surface area contributed by atoms with E-state index < -0.39 is 12.2 Å². The summed E-state index contributed by atoms with van der Waals surface area (Å²) in [4.78, 5) is 0. The van der Waals surface area contributed by atoms with Crippen LogP contribution in [0, 0.1) is 5.92 Å². The number of aliphatic hydroxyl groups excluding tert-OH is 4. The van der Waals surface area contributed by atoms with Gasteiger partial charge in [0, 0.05) is 27.9 Å². The second-order valence-corrected chi connectivity index (χ2v) is 5.10. The minimum atomic E-state index is -0.718. The fourth-order valence-electron chi connectivity index (χ4n) is 1.29. The summed E-state index contributed by atoms with van der Waals surface area (Å²) in [5, 5.41) is 33.8. The molecule has 0 aromatic rings. The average molecular weight is 372 g/mol. The summed E-state index contributed by atoms with van der Waals surface area (Å²) >= 11 is 0. The van der Waals surface area contributed by atoms with Gasteiger partial charge in [0.2, 0.25) is 0 Å². The molecule has 2 unspecified atom stereocenters. The molecule has 0 spiro atoms. The lowest BCUT2D eigenvalue weighted by molar-refractivity contribution is -0.0140. The van der Waals surface area contributed by atoms with E-state index in [0.717, 1.165) is 12.5 Å². The summed E-state index contributed by atoms with van der Waals surface area (Å²) in [6.45, 7) is 5.70. The molecule has 1 rings (SSSR count). The van der Waals surface area contributed by atoms with Crippen LogP contribution in [0.25, 0.3) is 0 Å². The van der Waals surface area contributed by atoms with E-state index in [9.17, 15) is 0 Å². The standard InChI is InChI=1S/C6H14O4.C5H10O.C4H10O3.C2H6/c1-9-4-6(8)5-10-3-2-7;1-6-4-5-2-3-5;1-7-3-4(6)2-5;1-2/h6-8H,2-5H2,1H3;5H,2-4H2,1H3;4-6H,2-3H2,1H3;1-2H3. The molecule has 0 aromatic heterocycles. The number of hydrogen-bond acceptors (Lipinski definition) is 8. The highest BCUT2D eigenvalue weighted by Crippen LogP contribution is 2.28. The maximum Gasteiger partial charge on any atom is 0.101 e. The van der Waals surface area contributed by atoms with Crippen molar-refractivity contribution < 1.29 is 39.4 Å². The SMILES string of the molecule is CC.COCC(O)CO.COCC(O)COCCO.COCC1CC1. The maximum atomic E-state index is 8.94. The smallest absolute Gasteiger partial charge is 0.101 e. The van der Waals surface area contributed by atoms with Crippen LogP contribution in [0.2, 0.25) is 0 Å². The van der Waals surface area contributed by atoms with Crippen molar-refractivity contribution in [2.24, 2.45) is 5.92 Å². The van der Waals surface area contributed by atoms with Crippen LogP contribution in [0.4, 0.5) is 0 Å². The van der Waals surface area contributed by atoms with Crippen LogP contribution in [0.5, 0.6) is 0 Å². The molecule has 1 aliphatic carbocycles. The fourth-order valence-corrected chi connectivity index (χ4v) is 1.29. The van der Waals surface area contributed by atoms with Crippen LogP contribution in [0.15, 0.2) is 0 Å². The molecule has 8 nitrogen and oxygen atoms in total. The summed E-state index contributed by atoms with van der Waals surface area (Å²) in [7, 11) is 4.74. The first kappa shape index (κ1) is 29.4. The number of methoxy groups -OCH3 is 3. The summed E-state index contributed by atoms with van der Waals surface area (Å²) in [5.41, 5.74) is 0. The van der Waals surface area contributed by atoms with Gasteiger partial charge in [0.25, 0.3) is 0 Å². The van der Waals surface area contributed by atoms with E-state index in [-0.39, 0.29) is 39.6 Å². The highest BCUT2D eigenvalue weighted by atomic mass is 16.5. The van der Waals surface area contributed by atoms with E-state index in [1.165, 1.54) is 27.1 Å². The van der Waals surface area contributed by atoms with Crippen molar-refractivity contribution in [3.8, 4) is 0 Å². The van der Waals surface area contributed by atoms with Crippen LogP contribution in [0.1, 0.15) is 26.7 Å². The zero-order valence-corrected chi connectivity index (χ0v) is 16.5. The predicted molar refractivity (Wildman–Crippen MR) is 96.7 cm³/mol. The molecule has 0 saturated heterocycles. The zero-order chi connectivity index (χ0) is 19.9. The van der Waals surface area contributed by atoms with Gasteiger partial charge in [0.1, 0.15) is 12.2 Å². The molecule has 1 fully saturated rings. The summed E-state index contributed by atoms with van der Waals surface area (Å²) in [6.07, 6.45) is 1.49. The van der Waals surface area contributed by atoms with Crippen molar-refractivity contribution in [2.75, 3.05) is 67.6 Å². The van der Waals surface area contributed by atoms with E-state index in [2.05, 4.69) is 9.47 Å². The molecule has 25 heavy (non-hydrogen) atoms. The number of hydrogen-bond donors (Lipinski definition) is 4. The molecule has 0 radical (unpaired) electrons. The van der Waals surface area contributed by atoms with E-state index >= 15 is 0 Å². The molecule has 1 aliphatic rings. The lowest BCUT2D eigenvalue weighted by atomic mass is 10.4. The summed E-state index contributed by atoms with van der Waals surface area (Å²) < 4.78 is 18.8. The van der Waals surface area contributed by atoms with E-state index in [1.807, 2.05) is 13.8 Å². The number of ether oxygens (including phenoxy) is 4. The maximum absolute atomic E-state index is 8.94. The molecule has 0 aliphatic heterocycles. The normalized spacial score (nSPS) is 14.8.